The molecule has 152 valence electrons. The number of ether oxygens (including phenoxy) is 1. The van der Waals surface area contributed by atoms with Crippen molar-refractivity contribution in [2.75, 3.05) is 20.2 Å². The van der Waals surface area contributed by atoms with Gasteiger partial charge in [-0.1, -0.05) is 29.8 Å². The number of methoxy groups -OCH3 is 1. The van der Waals surface area contributed by atoms with Gasteiger partial charge in [0.05, 0.1) is 13.7 Å². The predicted molar refractivity (Wildman–Crippen MR) is 116 cm³/mol. The zero-order valence-corrected chi connectivity index (χ0v) is 17.2. The SMILES string of the molecule is CCNC(=NCc1coc(-c2ccc(C)cc2)n1)NCCc1ccc(OC)cc1. The summed E-state index contributed by atoms with van der Waals surface area (Å²) in [6.45, 7) is 6.14. The lowest BCUT2D eigenvalue weighted by Crippen LogP contribution is -2.38. The van der Waals surface area contributed by atoms with E-state index in [2.05, 4.69) is 39.7 Å². The first kappa shape index (κ1) is 20.5. The number of hydrogen-bond donors (Lipinski definition) is 2. The number of rotatable bonds is 8. The molecule has 2 aromatic carbocycles. The lowest BCUT2D eigenvalue weighted by Gasteiger charge is -2.11. The van der Waals surface area contributed by atoms with Crippen LogP contribution in [-0.4, -0.2) is 31.1 Å². The molecule has 0 radical (unpaired) electrons. The van der Waals surface area contributed by atoms with Gasteiger partial charge in [0.15, 0.2) is 5.96 Å². The molecule has 0 spiro atoms. The molecule has 3 rings (SSSR count). The van der Waals surface area contributed by atoms with Crippen LogP contribution in [0.15, 0.2) is 64.2 Å². The van der Waals surface area contributed by atoms with E-state index in [1.165, 1.54) is 11.1 Å². The molecule has 0 atom stereocenters. The summed E-state index contributed by atoms with van der Waals surface area (Å²) in [4.78, 5) is 9.16. The number of hydrogen-bond acceptors (Lipinski definition) is 4. The number of aliphatic imine (C=N–C) groups is 1. The highest BCUT2D eigenvalue weighted by atomic mass is 16.5. The highest BCUT2D eigenvalue weighted by Gasteiger charge is 2.07. The van der Waals surface area contributed by atoms with E-state index in [4.69, 9.17) is 9.15 Å². The van der Waals surface area contributed by atoms with Crippen LogP contribution in [0.25, 0.3) is 11.5 Å². The van der Waals surface area contributed by atoms with Gasteiger partial charge < -0.3 is 19.8 Å². The van der Waals surface area contributed by atoms with Crippen molar-refractivity contribution in [3.05, 3.63) is 71.6 Å². The van der Waals surface area contributed by atoms with Crippen molar-refractivity contribution < 1.29 is 9.15 Å². The third-order valence-corrected chi connectivity index (χ3v) is 4.46. The number of benzene rings is 2. The molecule has 6 heteroatoms. The van der Waals surface area contributed by atoms with Crippen LogP contribution in [0.4, 0.5) is 0 Å². The fraction of sp³-hybridized carbons (Fsp3) is 0.304. The minimum Gasteiger partial charge on any atom is -0.497 e. The molecule has 6 nitrogen and oxygen atoms in total. The van der Waals surface area contributed by atoms with Crippen LogP contribution in [0, 0.1) is 6.92 Å². The van der Waals surface area contributed by atoms with Crippen molar-refractivity contribution in [2.45, 2.75) is 26.8 Å². The van der Waals surface area contributed by atoms with Gasteiger partial charge >= 0.3 is 0 Å². The molecule has 0 aliphatic rings. The smallest absolute Gasteiger partial charge is 0.226 e. The van der Waals surface area contributed by atoms with Gasteiger partial charge in [-0.2, -0.15) is 0 Å². The van der Waals surface area contributed by atoms with Gasteiger partial charge in [-0.25, -0.2) is 9.98 Å². The van der Waals surface area contributed by atoms with E-state index >= 15 is 0 Å². The maximum Gasteiger partial charge on any atom is 0.226 e. The van der Waals surface area contributed by atoms with Crippen molar-refractivity contribution in [1.82, 2.24) is 15.6 Å². The highest BCUT2D eigenvalue weighted by Crippen LogP contribution is 2.19. The molecule has 0 saturated carbocycles. The fourth-order valence-corrected chi connectivity index (χ4v) is 2.83. The molecular formula is C23H28N4O2. The first-order valence-electron chi connectivity index (χ1n) is 9.84. The summed E-state index contributed by atoms with van der Waals surface area (Å²) in [7, 11) is 1.67. The number of aryl methyl sites for hydroxylation is 1. The van der Waals surface area contributed by atoms with Gasteiger partial charge in [0.1, 0.15) is 17.7 Å². The number of nitrogens with one attached hydrogen (secondary N) is 2. The Hall–Kier alpha value is -3.28. The Bertz CT molecular complexity index is 915. The van der Waals surface area contributed by atoms with Crippen LogP contribution >= 0.6 is 0 Å². The second kappa shape index (κ2) is 10.3. The average Bonchev–Trinajstić information content (AvgIpc) is 3.22. The molecule has 3 aromatic rings. The van der Waals surface area contributed by atoms with Crippen molar-refractivity contribution in [2.24, 2.45) is 4.99 Å². The molecule has 0 aliphatic carbocycles. The van der Waals surface area contributed by atoms with E-state index in [0.717, 1.165) is 42.5 Å². The van der Waals surface area contributed by atoms with Gasteiger partial charge in [0, 0.05) is 18.7 Å². The summed E-state index contributed by atoms with van der Waals surface area (Å²) >= 11 is 0. The van der Waals surface area contributed by atoms with Crippen molar-refractivity contribution in [3.8, 4) is 17.2 Å². The normalized spacial score (nSPS) is 11.3. The van der Waals surface area contributed by atoms with Gasteiger partial charge in [-0.05, 0) is 50.1 Å². The minimum absolute atomic E-state index is 0.452. The van der Waals surface area contributed by atoms with Crippen molar-refractivity contribution >= 4 is 5.96 Å². The van der Waals surface area contributed by atoms with Crippen LogP contribution in [0.2, 0.25) is 0 Å². The van der Waals surface area contributed by atoms with Crippen LogP contribution in [-0.2, 0) is 13.0 Å². The maximum absolute atomic E-state index is 5.61. The number of oxazole rings is 1. The summed E-state index contributed by atoms with van der Waals surface area (Å²) in [5.41, 5.74) is 4.22. The molecule has 2 N–H and O–H groups in total. The zero-order valence-electron chi connectivity index (χ0n) is 17.2. The van der Waals surface area contributed by atoms with Gasteiger partial charge in [0.2, 0.25) is 5.89 Å². The standard InChI is InChI=1S/C23H28N4O2/c1-4-24-23(25-14-13-18-7-11-21(28-3)12-8-18)26-15-20-16-29-22(27-20)19-9-5-17(2)6-10-19/h5-12,16H,4,13-15H2,1-3H3,(H2,24,25,26). The van der Waals surface area contributed by atoms with Gasteiger partial charge in [0.25, 0.3) is 0 Å². The van der Waals surface area contributed by atoms with E-state index < -0.39 is 0 Å². The molecule has 1 heterocycles. The third-order valence-electron chi connectivity index (χ3n) is 4.46. The van der Waals surface area contributed by atoms with Gasteiger partial charge in [-0.3, -0.25) is 0 Å². The molecule has 0 bridgehead atoms. The monoisotopic (exact) mass is 392 g/mol. The van der Waals surface area contributed by atoms with E-state index in [0.29, 0.717) is 12.4 Å². The Morgan fingerprint density at radius 2 is 1.83 bits per heavy atom. The Labute approximate surface area is 172 Å². The molecule has 0 amide bonds. The van der Waals surface area contributed by atoms with Crippen LogP contribution < -0.4 is 15.4 Å². The highest BCUT2D eigenvalue weighted by molar-refractivity contribution is 5.79. The third kappa shape index (κ3) is 6.10. The number of aromatic nitrogens is 1. The minimum atomic E-state index is 0.452. The predicted octanol–water partition coefficient (Wildman–Crippen LogP) is 3.96. The summed E-state index contributed by atoms with van der Waals surface area (Å²) in [5, 5.41) is 6.62. The Kier molecular flexibility index (Phi) is 7.28. The molecule has 0 aliphatic heterocycles. The quantitative estimate of drug-likeness (QED) is 0.449. The van der Waals surface area contributed by atoms with E-state index in [1.54, 1.807) is 13.4 Å². The molecular weight excluding hydrogens is 364 g/mol. The molecule has 0 unspecified atom stereocenters. The molecule has 0 saturated heterocycles. The van der Waals surface area contributed by atoms with Crippen LogP contribution in [0.5, 0.6) is 5.75 Å². The van der Waals surface area contributed by atoms with Crippen molar-refractivity contribution in [1.29, 1.82) is 0 Å². The second-order valence-electron chi connectivity index (χ2n) is 6.73. The first-order valence-corrected chi connectivity index (χ1v) is 9.84. The second-order valence-corrected chi connectivity index (χ2v) is 6.73. The lowest BCUT2D eigenvalue weighted by molar-refractivity contribution is 0.414. The largest absolute Gasteiger partial charge is 0.497 e. The Morgan fingerprint density at radius 1 is 1.07 bits per heavy atom. The topological polar surface area (TPSA) is 71.7 Å². The van der Waals surface area contributed by atoms with E-state index in [1.807, 2.05) is 43.3 Å². The van der Waals surface area contributed by atoms with E-state index in [-0.39, 0.29) is 0 Å². The zero-order chi connectivity index (χ0) is 20.5. The Balaban J connectivity index is 1.55. The van der Waals surface area contributed by atoms with Crippen molar-refractivity contribution in [3.63, 3.8) is 0 Å². The molecule has 1 aromatic heterocycles. The van der Waals surface area contributed by atoms with Gasteiger partial charge in [-0.15, -0.1) is 0 Å². The lowest BCUT2D eigenvalue weighted by atomic mass is 10.1. The number of nitrogens with zero attached hydrogens (tertiary/aromatic N) is 2. The summed E-state index contributed by atoms with van der Waals surface area (Å²) < 4.78 is 10.8. The summed E-state index contributed by atoms with van der Waals surface area (Å²) in [6.07, 6.45) is 2.57. The maximum atomic E-state index is 5.61. The first-order chi connectivity index (χ1) is 14.2. The summed E-state index contributed by atoms with van der Waals surface area (Å²) in [6, 6.07) is 16.2. The summed E-state index contributed by atoms with van der Waals surface area (Å²) in [5.74, 6) is 2.25. The molecule has 0 fully saturated rings. The van der Waals surface area contributed by atoms with E-state index in [9.17, 15) is 0 Å². The number of guanidine groups is 1. The molecule has 29 heavy (non-hydrogen) atoms. The fourth-order valence-electron chi connectivity index (χ4n) is 2.83. The van der Waals surface area contributed by atoms with Crippen LogP contribution in [0.1, 0.15) is 23.7 Å². The Morgan fingerprint density at radius 3 is 2.52 bits per heavy atom. The average molecular weight is 393 g/mol. The van der Waals surface area contributed by atoms with Crippen LogP contribution in [0.3, 0.4) is 0 Å².